The number of nitrogens with two attached hydrogens (primary N) is 1. The molecule has 1 aliphatic carbocycles. The molecular weight excluding hydrogens is 207 g/mol. The lowest BCUT2D eigenvalue weighted by Gasteiger charge is -2.27. The molecular formula is C12H15FN2O. The van der Waals surface area contributed by atoms with Gasteiger partial charge in [0.15, 0.2) is 11.6 Å². The number of carbonyl (C=O) groups is 1. The van der Waals surface area contributed by atoms with E-state index < -0.39 is 5.82 Å². The first-order valence-electron chi connectivity index (χ1n) is 5.59. The largest absolute Gasteiger partial charge is 0.327 e. The van der Waals surface area contributed by atoms with E-state index in [0.29, 0.717) is 0 Å². The minimum Gasteiger partial charge on any atom is -0.327 e. The number of hydrogen-bond acceptors (Lipinski definition) is 3. The SMILES string of the molecule is NC1CCCCC1C(=O)c1ccncc1F. The van der Waals surface area contributed by atoms with Gasteiger partial charge in [-0.25, -0.2) is 4.39 Å². The van der Waals surface area contributed by atoms with Crippen molar-refractivity contribution in [1.82, 2.24) is 4.98 Å². The molecule has 0 aliphatic heterocycles. The van der Waals surface area contributed by atoms with Gasteiger partial charge in [-0.15, -0.1) is 0 Å². The quantitative estimate of drug-likeness (QED) is 0.778. The molecule has 0 amide bonds. The second-order valence-corrected chi connectivity index (χ2v) is 4.27. The molecule has 1 aromatic rings. The highest BCUT2D eigenvalue weighted by Crippen LogP contribution is 2.26. The van der Waals surface area contributed by atoms with Crippen molar-refractivity contribution < 1.29 is 9.18 Å². The van der Waals surface area contributed by atoms with Crippen LogP contribution in [0.5, 0.6) is 0 Å². The summed E-state index contributed by atoms with van der Waals surface area (Å²) < 4.78 is 13.4. The Morgan fingerprint density at radius 2 is 2.19 bits per heavy atom. The normalized spacial score (nSPS) is 25.4. The molecule has 3 nitrogen and oxygen atoms in total. The summed E-state index contributed by atoms with van der Waals surface area (Å²) in [7, 11) is 0. The number of halogens is 1. The van der Waals surface area contributed by atoms with Gasteiger partial charge >= 0.3 is 0 Å². The second-order valence-electron chi connectivity index (χ2n) is 4.27. The summed E-state index contributed by atoms with van der Waals surface area (Å²) in [6, 6.07) is 1.30. The summed E-state index contributed by atoms with van der Waals surface area (Å²) in [4.78, 5) is 15.7. The molecule has 1 heterocycles. The third-order valence-electron chi connectivity index (χ3n) is 3.19. The maximum absolute atomic E-state index is 13.4. The minimum absolute atomic E-state index is 0.123. The predicted molar refractivity (Wildman–Crippen MR) is 58.5 cm³/mol. The monoisotopic (exact) mass is 222 g/mol. The summed E-state index contributed by atoms with van der Waals surface area (Å²) in [5.41, 5.74) is 6.03. The van der Waals surface area contributed by atoms with Crippen molar-refractivity contribution in [3.8, 4) is 0 Å². The number of nitrogens with zero attached hydrogens (tertiary/aromatic N) is 1. The van der Waals surface area contributed by atoms with Gasteiger partial charge in [0.05, 0.1) is 11.8 Å². The van der Waals surface area contributed by atoms with E-state index in [-0.39, 0.29) is 23.3 Å². The van der Waals surface area contributed by atoms with Crippen LogP contribution in [0.15, 0.2) is 18.5 Å². The van der Waals surface area contributed by atoms with Gasteiger partial charge in [-0.3, -0.25) is 9.78 Å². The van der Waals surface area contributed by atoms with Crippen LogP contribution >= 0.6 is 0 Å². The molecule has 1 fully saturated rings. The average molecular weight is 222 g/mol. The van der Waals surface area contributed by atoms with E-state index in [1.165, 1.54) is 12.3 Å². The lowest BCUT2D eigenvalue weighted by atomic mass is 9.80. The smallest absolute Gasteiger partial charge is 0.170 e. The van der Waals surface area contributed by atoms with E-state index >= 15 is 0 Å². The Balaban J connectivity index is 2.21. The van der Waals surface area contributed by atoms with E-state index in [0.717, 1.165) is 31.9 Å². The molecule has 0 aromatic carbocycles. The topological polar surface area (TPSA) is 56.0 Å². The van der Waals surface area contributed by atoms with E-state index in [4.69, 9.17) is 5.73 Å². The molecule has 4 heteroatoms. The van der Waals surface area contributed by atoms with Gasteiger partial charge in [-0.1, -0.05) is 12.8 Å². The third kappa shape index (κ3) is 2.11. The van der Waals surface area contributed by atoms with Crippen molar-refractivity contribution in [3.63, 3.8) is 0 Å². The molecule has 1 saturated carbocycles. The van der Waals surface area contributed by atoms with Crippen LogP contribution in [-0.2, 0) is 0 Å². The summed E-state index contributed by atoms with van der Waals surface area (Å²) in [5.74, 6) is -0.956. The second kappa shape index (κ2) is 4.70. The number of Topliss-reactive ketones (excluding diaryl/α,β-unsaturated/α-hetero) is 1. The van der Waals surface area contributed by atoms with E-state index in [1.807, 2.05) is 0 Å². The fraction of sp³-hybridized carbons (Fsp3) is 0.500. The average Bonchev–Trinajstić information content (AvgIpc) is 2.29. The Morgan fingerprint density at radius 1 is 1.44 bits per heavy atom. The van der Waals surface area contributed by atoms with Gasteiger partial charge < -0.3 is 5.73 Å². The molecule has 0 radical (unpaired) electrons. The van der Waals surface area contributed by atoms with Crippen molar-refractivity contribution in [2.24, 2.45) is 11.7 Å². The predicted octanol–water partition coefficient (Wildman–Crippen LogP) is 1.92. The molecule has 1 aliphatic rings. The molecule has 2 N–H and O–H groups in total. The summed E-state index contributed by atoms with van der Waals surface area (Å²) in [5, 5.41) is 0. The van der Waals surface area contributed by atoms with Crippen LogP contribution in [0, 0.1) is 11.7 Å². The van der Waals surface area contributed by atoms with Gasteiger partial charge in [-0.05, 0) is 18.9 Å². The van der Waals surface area contributed by atoms with E-state index in [1.54, 1.807) is 0 Å². The molecule has 1 aromatic heterocycles. The Labute approximate surface area is 93.9 Å². The third-order valence-corrected chi connectivity index (χ3v) is 3.19. The van der Waals surface area contributed by atoms with Crippen LogP contribution in [0.25, 0.3) is 0 Å². The van der Waals surface area contributed by atoms with Gasteiger partial charge in [0, 0.05) is 18.2 Å². The van der Waals surface area contributed by atoms with Crippen molar-refractivity contribution in [1.29, 1.82) is 0 Å². The highest BCUT2D eigenvalue weighted by atomic mass is 19.1. The molecule has 2 unspecified atom stereocenters. The van der Waals surface area contributed by atoms with Crippen molar-refractivity contribution in [3.05, 3.63) is 29.8 Å². The Hall–Kier alpha value is -1.29. The van der Waals surface area contributed by atoms with Gasteiger partial charge in [0.1, 0.15) is 0 Å². The maximum atomic E-state index is 13.4. The zero-order chi connectivity index (χ0) is 11.5. The first-order chi connectivity index (χ1) is 7.70. The van der Waals surface area contributed by atoms with E-state index in [2.05, 4.69) is 4.98 Å². The van der Waals surface area contributed by atoms with Gasteiger partial charge in [-0.2, -0.15) is 0 Å². The highest BCUT2D eigenvalue weighted by molar-refractivity contribution is 5.98. The number of rotatable bonds is 2. The fourth-order valence-electron chi connectivity index (χ4n) is 2.26. The van der Waals surface area contributed by atoms with Crippen LogP contribution in [0.3, 0.4) is 0 Å². The van der Waals surface area contributed by atoms with Crippen molar-refractivity contribution >= 4 is 5.78 Å². The molecule has 2 atom stereocenters. The molecule has 0 spiro atoms. The zero-order valence-corrected chi connectivity index (χ0v) is 9.03. The minimum atomic E-state index is -0.551. The first kappa shape index (κ1) is 11.2. The molecule has 2 rings (SSSR count). The van der Waals surface area contributed by atoms with Gasteiger partial charge in [0.2, 0.25) is 0 Å². The van der Waals surface area contributed by atoms with Crippen LogP contribution in [-0.4, -0.2) is 16.8 Å². The van der Waals surface area contributed by atoms with Crippen LogP contribution in [0.2, 0.25) is 0 Å². The van der Waals surface area contributed by atoms with Crippen LogP contribution in [0.1, 0.15) is 36.0 Å². The summed E-state index contributed by atoms with van der Waals surface area (Å²) in [6.45, 7) is 0. The number of ketones is 1. The summed E-state index contributed by atoms with van der Waals surface area (Å²) in [6.07, 6.45) is 6.18. The summed E-state index contributed by atoms with van der Waals surface area (Å²) >= 11 is 0. The lowest BCUT2D eigenvalue weighted by Crippen LogP contribution is -2.38. The number of carbonyl (C=O) groups excluding carboxylic acids is 1. The van der Waals surface area contributed by atoms with Crippen molar-refractivity contribution in [2.75, 3.05) is 0 Å². The Morgan fingerprint density at radius 3 is 2.88 bits per heavy atom. The lowest BCUT2D eigenvalue weighted by molar-refractivity contribution is 0.0866. The first-order valence-corrected chi connectivity index (χ1v) is 5.59. The number of pyridine rings is 1. The zero-order valence-electron chi connectivity index (χ0n) is 9.03. The molecule has 0 saturated heterocycles. The van der Waals surface area contributed by atoms with Crippen LogP contribution < -0.4 is 5.73 Å². The Kier molecular flexibility index (Phi) is 3.29. The fourth-order valence-corrected chi connectivity index (χ4v) is 2.26. The standard InChI is InChI=1S/C12H15FN2O/c13-10-7-15-6-5-8(10)12(16)9-3-1-2-4-11(9)14/h5-7,9,11H,1-4,14H2. The number of hydrogen-bond donors (Lipinski definition) is 1. The van der Waals surface area contributed by atoms with Crippen molar-refractivity contribution in [2.45, 2.75) is 31.7 Å². The highest BCUT2D eigenvalue weighted by Gasteiger charge is 2.30. The van der Waals surface area contributed by atoms with E-state index in [9.17, 15) is 9.18 Å². The van der Waals surface area contributed by atoms with Gasteiger partial charge in [0.25, 0.3) is 0 Å². The molecule has 86 valence electrons. The molecule has 16 heavy (non-hydrogen) atoms. The molecule has 0 bridgehead atoms. The van der Waals surface area contributed by atoms with Crippen LogP contribution in [0.4, 0.5) is 4.39 Å². The number of aromatic nitrogens is 1. The Bertz CT molecular complexity index is 394. The maximum Gasteiger partial charge on any atom is 0.170 e.